The van der Waals surface area contributed by atoms with Crippen molar-refractivity contribution < 1.29 is 19.1 Å². The first-order valence-electron chi connectivity index (χ1n) is 8.55. The molecule has 0 aliphatic rings. The van der Waals surface area contributed by atoms with Crippen molar-refractivity contribution in [3.63, 3.8) is 0 Å². The van der Waals surface area contributed by atoms with Crippen LogP contribution in [0.1, 0.15) is 62.9 Å². The number of pyridine rings is 1. The summed E-state index contributed by atoms with van der Waals surface area (Å²) >= 11 is 0. The van der Waals surface area contributed by atoms with Crippen LogP contribution in [0.5, 0.6) is 5.75 Å². The van der Waals surface area contributed by atoms with Crippen LogP contribution in [-0.2, 0) is 9.53 Å². The Balaban J connectivity index is 2.29. The van der Waals surface area contributed by atoms with E-state index in [1.807, 2.05) is 6.92 Å². The van der Waals surface area contributed by atoms with Crippen LogP contribution < -0.4 is 10.1 Å². The van der Waals surface area contributed by atoms with Gasteiger partial charge in [-0.25, -0.2) is 4.98 Å². The average Bonchev–Trinajstić information content (AvgIpc) is 2.59. The maximum atomic E-state index is 12.0. The Morgan fingerprint density at radius 2 is 2.00 bits per heavy atom. The van der Waals surface area contributed by atoms with Crippen LogP contribution in [0.25, 0.3) is 0 Å². The zero-order chi connectivity index (χ0) is 17.8. The molecule has 0 saturated carbocycles. The Morgan fingerprint density at radius 1 is 1.25 bits per heavy atom. The number of hydrogen-bond donors (Lipinski definition) is 1. The molecule has 1 aromatic heterocycles. The highest BCUT2D eigenvalue weighted by atomic mass is 16.5. The van der Waals surface area contributed by atoms with E-state index in [-0.39, 0.29) is 18.3 Å². The topological polar surface area (TPSA) is 77.5 Å². The van der Waals surface area contributed by atoms with Crippen LogP contribution >= 0.6 is 0 Å². The van der Waals surface area contributed by atoms with E-state index in [9.17, 15) is 9.59 Å². The van der Waals surface area contributed by atoms with Gasteiger partial charge < -0.3 is 14.8 Å². The number of unbranched alkanes of at least 4 members (excludes halogenated alkanes) is 4. The van der Waals surface area contributed by atoms with Gasteiger partial charge in [-0.15, -0.1) is 0 Å². The first-order chi connectivity index (χ1) is 11.6. The Labute approximate surface area is 143 Å². The lowest BCUT2D eigenvalue weighted by atomic mass is 10.1. The molecule has 0 fully saturated rings. The van der Waals surface area contributed by atoms with Gasteiger partial charge in [-0.3, -0.25) is 9.59 Å². The smallest absolute Gasteiger partial charge is 0.325 e. The van der Waals surface area contributed by atoms with Gasteiger partial charge in [0, 0.05) is 6.20 Å². The van der Waals surface area contributed by atoms with Gasteiger partial charge in [0.15, 0.2) is 5.69 Å². The second kappa shape index (κ2) is 11.4. The van der Waals surface area contributed by atoms with Crippen molar-refractivity contribution in [1.82, 2.24) is 10.3 Å². The van der Waals surface area contributed by atoms with E-state index in [2.05, 4.69) is 17.2 Å². The van der Waals surface area contributed by atoms with Crippen molar-refractivity contribution in [3.05, 3.63) is 24.0 Å². The van der Waals surface area contributed by atoms with Crippen molar-refractivity contribution in [2.75, 3.05) is 13.7 Å². The number of methoxy groups -OCH3 is 1. The van der Waals surface area contributed by atoms with Crippen molar-refractivity contribution >= 4 is 11.9 Å². The molecular weight excluding hydrogens is 308 g/mol. The summed E-state index contributed by atoms with van der Waals surface area (Å²) in [4.78, 5) is 27.8. The molecule has 1 unspecified atom stereocenters. The number of rotatable bonds is 11. The summed E-state index contributed by atoms with van der Waals surface area (Å²) in [5.41, 5.74) is 0.150. The van der Waals surface area contributed by atoms with Crippen LogP contribution in [0, 0.1) is 0 Å². The van der Waals surface area contributed by atoms with E-state index < -0.39 is 11.9 Å². The zero-order valence-corrected chi connectivity index (χ0v) is 14.8. The summed E-state index contributed by atoms with van der Waals surface area (Å²) < 4.78 is 10.4. The fraction of sp³-hybridized carbons (Fsp3) is 0.611. The lowest BCUT2D eigenvalue weighted by Crippen LogP contribution is -2.32. The first-order valence-corrected chi connectivity index (χ1v) is 8.55. The number of ether oxygens (including phenoxy) is 2. The summed E-state index contributed by atoms with van der Waals surface area (Å²) in [5.74, 6) is -0.542. The minimum Gasteiger partial charge on any atom is -0.494 e. The molecule has 0 aliphatic carbocycles. The van der Waals surface area contributed by atoms with Gasteiger partial charge in [0.2, 0.25) is 0 Å². The summed E-state index contributed by atoms with van der Waals surface area (Å²) in [5, 5.41) is 2.51. The van der Waals surface area contributed by atoms with Gasteiger partial charge in [-0.1, -0.05) is 32.6 Å². The SMILES string of the molecule is CCCCCCCC(C)OC(=O)CNC(=O)c1ncccc1OC. The largest absolute Gasteiger partial charge is 0.494 e. The quantitative estimate of drug-likeness (QED) is 0.496. The maximum Gasteiger partial charge on any atom is 0.325 e. The normalized spacial score (nSPS) is 11.6. The Kier molecular flexibility index (Phi) is 9.49. The number of hydrogen-bond acceptors (Lipinski definition) is 5. The van der Waals surface area contributed by atoms with E-state index >= 15 is 0 Å². The van der Waals surface area contributed by atoms with E-state index in [1.165, 1.54) is 32.6 Å². The number of nitrogens with one attached hydrogen (secondary N) is 1. The van der Waals surface area contributed by atoms with E-state index in [0.717, 1.165) is 19.3 Å². The molecular formula is C18H28N2O4. The van der Waals surface area contributed by atoms with E-state index in [0.29, 0.717) is 5.75 Å². The van der Waals surface area contributed by atoms with Gasteiger partial charge in [0.25, 0.3) is 5.91 Å². The summed E-state index contributed by atoms with van der Waals surface area (Å²) in [7, 11) is 1.46. The molecule has 134 valence electrons. The molecule has 1 rings (SSSR count). The fourth-order valence-corrected chi connectivity index (χ4v) is 2.32. The molecule has 24 heavy (non-hydrogen) atoms. The number of carbonyl (C=O) groups is 2. The van der Waals surface area contributed by atoms with Crippen LogP contribution in [-0.4, -0.2) is 36.6 Å². The summed E-state index contributed by atoms with van der Waals surface area (Å²) in [6, 6.07) is 3.31. The fourth-order valence-electron chi connectivity index (χ4n) is 2.32. The molecule has 0 saturated heterocycles. The number of esters is 1. The van der Waals surface area contributed by atoms with Crippen molar-refractivity contribution in [2.24, 2.45) is 0 Å². The number of amides is 1. The molecule has 1 aromatic rings. The van der Waals surface area contributed by atoms with Crippen LogP contribution in [0.2, 0.25) is 0 Å². The van der Waals surface area contributed by atoms with Crippen molar-refractivity contribution in [1.29, 1.82) is 0 Å². The van der Waals surface area contributed by atoms with Crippen molar-refractivity contribution in [3.8, 4) is 5.75 Å². The minimum atomic E-state index is -0.461. The molecule has 6 heteroatoms. The first kappa shape index (κ1) is 19.9. The molecule has 0 aromatic carbocycles. The molecule has 6 nitrogen and oxygen atoms in total. The number of aromatic nitrogens is 1. The lowest BCUT2D eigenvalue weighted by molar-refractivity contribution is -0.147. The van der Waals surface area contributed by atoms with Gasteiger partial charge in [-0.2, -0.15) is 0 Å². The average molecular weight is 336 g/mol. The van der Waals surface area contributed by atoms with E-state index in [4.69, 9.17) is 9.47 Å². The second-order valence-electron chi connectivity index (χ2n) is 5.74. The lowest BCUT2D eigenvalue weighted by Gasteiger charge is -2.13. The Bertz CT molecular complexity index is 519. The van der Waals surface area contributed by atoms with Gasteiger partial charge in [0.05, 0.1) is 13.2 Å². The minimum absolute atomic E-state index is 0.139. The molecule has 1 N–H and O–H groups in total. The van der Waals surface area contributed by atoms with Crippen LogP contribution in [0.3, 0.4) is 0 Å². The Morgan fingerprint density at radius 3 is 2.71 bits per heavy atom. The van der Waals surface area contributed by atoms with Crippen LogP contribution in [0.15, 0.2) is 18.3 Å². The summed E-state index contributed by atoms with van der Waals surface area (Å²) in [6.07, 6.45) is 8.09. The summed E-state index contributed by atoms with van der Waals surface area (Å²) in [6.45, 7) is 3.87. The van der Waals surface area contributed by atoms with Gasteiger partial charge >= 0.3 is 5.97 Å². The van der Waals surface area contributed by atoms with Gasteiger partial charge in [0.1, 0.15) is 12.3 Å². The third kappa shape index (κ3) is 7.44. The molecule has 0 spiro atoms. The van der Waals surface area contributed by atoms with E-state index in [1.54, 1.807) is 12.1 Å². The molecule has 1 heterocycles. The standard InChI is InChI=1S/C18H28N2O4/c1-4-5-6-7-8-10-14(2)24-16(21)13-20-18(22)17-15(23-3)11-9-12-19-17/h9,11-12,14H,4-8,10,13H2,1-3H3,(H,20,22). The zero-order valence-electron chi connectivity index (χ0n) is 14.8. The molecule has 0 aliphatic heterocycles. The van der Waals surface area contributed by atoms with Crippen LogP contribution in [0.4, 0.5) is 0 Å². The monoisotopic (exact) mass is 336 g/mol. The Hall–Kier alpha value is -2.11. The predicted octanol–water partition coefficient (Wildman–Crippen LogP) is 3.11. The number of carbonyl (C=O) groups excluding carboxylic acids is 2. The predicted molar refractivity (Wildman–Crippen MR) is 92.1 cm³/mol. The third-order valence-corrected chi connectivity index (χ3v) is 3.65. The molecule has 0 radical (unpaired) electrons. The van der Waals surface area contributed by atoms with Gasteiger partial charge in [-0.05, 0) is 31.9 Å². The molecule has 0 bridgehead atoms. The highest BCUT2D eigenvalue weighted by Gasteiger charge is 2.15. The molecule has 1 amide bonds. The third-order valence-electron chi connectivity index (χ3n) is 3.65. The second-order valence-corrected chi connectivity index (χ2v) is 5.74. The number of nitrogens with zero attached hydrogens (tertiary/aromatic N) is 1. The highest BCUT2D eigenvalue weighted by Crippen LogP contribution is 2.14. The highest BCUT2D eigenvalue weighted by molar-refractivity contribution is 5.96. The maximum absolute atomic E-state index is 12.0. The molecule has 1 atom stereocenters. The van der Waals surface area contributed by atoms with Crippen molar-refractivity contribution in [2.45, 2.75) is 58.5 Å².